The maximum atomic E-state index is 13.4. The molecule has 3 rings (SSSR count). The first kappa shape index (κ1) is 14.2. The van der Waals surface area contributed by atoms with Crippen molar-refractivity contribution in [3.05, 3.63) is 34.5 Å². The zero-order chi connectivity index (χ0) is 15.0. The minimum atomic E-state index is -0.411. The molecule has 3 aromatic rings. The van der Waals surface area contributed by atoms with Gasteiger partial charge in [-0.1, -0.05) is 23.1 Å². The summed E-state index contributed by atoms with van der Waals surface area (Å²) in [6, 6.07) is 2.53. The molecule has 0 aliphatic heterocycles. The summed E-state index contributed by atoms with van der Waals surface area (Å²) in [5.41, 5.74) is 0.474. The Bertz CT molecular complexity index is 874. The molecular formula is C13H11FN4OS2. The van der Waals surface area contributed by atoms with Crippen molar-refractivity contribution < 1.29 is 4.39 Å². The number of hydrogen-bond donors (Lipinski definition) is 0. The van der Waals surface area contributed by atoms with Gasteiger partial charge in [0.2, 0.25) is 0 Å². The van der Waals surface area contributed by atoms with Gasteiger partial charge in [-0.15, -0.1) is 0 Å². The van der Waals surface area contributed by atoms with Crippen molar-refractivity contribution >= 4 is 33.4 Å². The average Bonchev–Trinajstić information content (AvgIpc) is 2.90. The van der Waals surface area contributed by atoms with E-state index >= 15 is 0 Å². The average molecular weight is 322 g/mol. The number of pyridine rings is 1. The summed E-state index contributed by atoms with van der Waals surface area (Å²) in [5.74, 6) is -0.0445. The van der Waals surface area contributed by atoms with E-state index in [9.17, 15) is 9.18 Å². The fourth-order valence-corrected chi connectivity index (χ4v) is 3.41. The number of thiazole rings is 1. The summed E-state index contributed by atoms with van der Waals surface area (Å²) in [6.45, 7) is 2.25. The van der Waals surface area contributed by atoms with Crippen LogP contribution in [0.1, 0.15) is 6.92 Å². The Morgan fingerprint density at radius 2 is 2.24 bits per heavy atom. The summed E-state index contributed by atoms with van der Waals surface area (Å²) in [7, 11) is 0. The number of halogens is 1. The molecule has 5 nitrogen and oxygen atoms in total. The Balaban J connectivity index is 2.34. The highest BCUT2D eigenvalue weighted by Crippen LogP contribution is 2.26. The molecule has 0 aliphatic carbocycles. The fraction of sp³-hybridized carbons (Fsp3) is 0.231. The molecule has 0 N–H and O–H groups in total. The first-order valence-corrected chi connectivity index (χ1v) is 8.25. The molecule has 0 saturated carbocycles. The Kier molecular flexibility index (Phi) is 3.73. The van der Waals surface area contributed by atoms with Crippen LogP contribution in [0.3, 0.4) is 0 Å². The second kappa shape index (κ2) is 5.53. The van der Waals surface area contributed by atoms with E-state index in [-0.39, 0.29) is 5.56 Å². The van der Waals surface area contributed by atoms with Crippen LogP contribution in [-0.2, 0) is 6.54 Å². The van der Waals surface area contributed by atoms with Crippen molar-refractivity contribution in [2.45, 2.75) is 17.8 Å². The Hall–Kier alpha value is -1.80. The monoisotopic (exact) mass is 322 g/mol. The standard InChI is InChI=1S/C13H11FN4OS2/c1-3-18-10(8-6-7(14)4-5-15-8)17-11-9(12(18)19)16-13(20-2)21-11/h4-6H,3H2,1-2H3. The highest BCUT2D eigenvalue weighted by Gasteiger charge is 2.16. The van der Waals surface area contributed by atoms with Crippen molar-refractivity contribution in [3.63, 3.8) is 0 Å². The van der Waals surface area contributed by atoms with Gasteiger partial charge in [0.1, 0.15) is 11.5 Å². The second-order valence-corrected chi connectivity index (χ2v) is 6.21. The third kappa shape index (κ3) is 2.44. The van der Waals surface area contributed by atoms with Crippen LogP contribution in [-0.4, -0.2) is 25.8 Å². The van der Waals surface area contributed by atoms with Crippen LogP contribution in [0.2, 0.25) is 0 Å². The molecule has 0 spiro atoms. The number of aromatic nitrogens is 4. The van der Waals surface area contributed by atoms with Crippen LogP contribution in [0.15, 0.2) is 27.5 Å². The minimum Gasteiger partial charge on any atom is -0.290 e. The molecule has 3 aromatic heterocycles. The van der Waals surface area contributed by atoms with Gasteiger partial charge >= 0.3 is 0 Å². The first-order chi connectivity index (χ1) is 10.1. The van der Waals surface area contributed by atoms with Gasteiger partial charge < -0.3 is 0 Å². The highest BCUT2D eigenvalue weighted by molar-refractivity contribution is 8.00. The van der Waals surface area contributed by atoms with E-state index in [4.69, 9.17) is 0 Å². The second-order valence-electron chi connectivity index (χ2n) is 4.18. The smallest absolute Gasteiger partial charge is 0.281 e. The molecule has 0 aromatic carbocycles. The van der Waals surface area contributed by atoms with Crippen molar-refractivity contribution in [1.82, 2.24) is 19.5 Å². The maximum Gasteiger partial charge on any atom is 0.281 e. The Labute approximate surface area is 127 Å². The maximum absolute atomic E-state index is 13.4. The van der Waals surface area contributed by atoms with Crippen LogP contribution in [0.5, 0.6) is 0 Å². The lowest BCUT2D eigenvalue weighted by Gasteiger charge is -2.08. The van der Waals surface area contributed by atoms with Gasteiger partial charge in [-0.3, -0.25) is 14.3 Å². The van der Waals surface area contributed by atoms with E-state index in [2.05, 4.69) is 15.0 Å². The topological polar surface area (TPSA) is 60.7 Å². The van der Waals surface area contributed by atoms with Crippen LogP contribution < -0.4 is 5.56 Å². The molecule has 0 bridgehead atoms. The summed E-state index contributed by atoms with van der Waals surface area (Å²) in [6.07, 6.45) is 3.26. The number of thioether (sulfide) groups is 1. The quantitative estimate of drug-likeness (QED) is 0.694. The van der Waals surface area contributed by atoms with Gasteiger partial charge in [-0.25, -0.2) is 14.4 Å². The third-order valence-corrected chi connectivity index (χ3v) is 4.88. The molecule has 0 radical (unpaired) electrons. The zero-order valence-corrected chi connectivity index (χ0v) is 13.0. The highest BCUT2D eigenvalue weighted by atomic mass is 32.2. The van der Waals surface area contributed by atoms with Crippen LogP contribution in [0, 0.1) is 5.82 Å². The van der Waals surface area contributed by atoms with Gasteiger partial charge in [0.25, 0.3) is 5.56 Å². The molecule has 0 amide bonds. The summed E-state index contributed by atoms with van der Waals surface area (Å²) < 4.78 is 15.6. The number of rotatable bonds is 3. The predicted molar refractivity (Wildman–Crippen MR) is 82.3 cm³/mol. The number of fused-ring (bicyclic) bond motifs is 1. The van der Waals surface area contributed by atoms with Crippen molar-refractivity contribution in [3.8, 4) is 11.5 Å². The molecule has 108 valence electrons. The molecule has 0 fully saturated rings. The lowest BCUT2D eigenvalue weighted by molar-refractivity contribution is 0.625. The van der Waals surface area contributed by atoms with Gasteiger partial charge in [0.05, 0.1) is 0 Å². The molecule has 0 aliphatic rings. The summed E-state index contributed by atoms with van der Waals surface area (Å²) in [4.78, 5) is 25.9. The van der Waals surface area contributed by atoms with Crippen LogP contribution >= 0.6 is 23.1 Å². The fourth-order valence-electron chi connectivity index (χ4n) is 1.99. The molecule has 0 saturated heterocycles. The summed E-state index contributed by atoms with van der Waals surface area (Å²) >= 11 is 2.81. The van der Waals surface area contributed by atoms with E-state index in [1.165, 1.54) is 46.0 Å². The lowest BCUT2D eigenvalue weighted by Crippen LogP contribution is -2.22. The van der Waals surface area contributed by atoms with Gasteiger partial charge in [-0.2, -0.15) is 0 Å². The van der Waals surface area contributed by atoms with Crippen LogP contribution in [0.25, 0.3) is 21.9 Å². The summed E-state index contributed by atoms with van der Waals surface area (Å²) in [5, 5.41) is 0. The normalized spacial score (nSPS) is 11.2. The predicted octanol–water partition coefficient (Wildman–Crippen LogP) is 2.80. The Morgan fingerprint density at radius 3 is 2.90 bits per heavy atom. The zero-order valence-electron chi connectivity index (χ0n) is 11.3. The van der Waals surface area contributed by atoms with E-state index in [1.807, 2.05) is 13.2 Å². The molecular weight excluding hydrogens is 311 g/mol. The van der Waals surface area contributed by atoms with Gasteiger partial charge in [0, 0.05) is 18.8 Å². The third-order valence-electron chi connectivity index (χ3n) is 2.94. The SMILES string of the molecule is CCn1c(-c2cc(F)ccn2)nc2sc(SC)nc2c1=O. The Morgan fingerprint density at radius 1 is 1.43 bits per heavy atom. The number of hydrogen-bond acceptors (Lipinski definition) is 6. The van der Waals surface area contributed by atoms with E-state index < -0.39 is 5.82 Å². The first-order valence-electron chi connectivity index (χ1n) is 6.21. The van der Waals surface area contributed by atoms with Gasteiger partial charge in [-0.05, 0) is 19.2 Å². The number of nitrogens with zero attached hydrogens (tertiary/aromatic N) is 4. The minimum absolute atomic E-state index is 0.222. The van der Waals surface area contributed by atoms with Crippen molar-refractivity contribution in [2.75, 3.05) is 6.26 Å². The van der Waals surface area contributed by atoms with E-state index in [0.29, 0.717) is 28.4 Å². The molecule has 0 unspecified atom stereocenters. The molecule has 3 heterocycles. The van der Waals surface area contributed by atoms with Gasteiger partial charge in [0.15, 0.2) is 20.5 Å². The van der Waals surface area contributed by atoms with Crippen molar-refractivity contribution in [2.24, 2.45) is 0 Å². The van der Waals surface area contributed by atoms with E-state index in [0.717, 1.165) is 4.34 Å². The van der Waals surface area contributed by atoms with Crippen molar-refractivity contribution in [1.29, 1.82) is 0 Å². The lowest BCUT2D eigenvalue weighted by atomic mass is 10.3. The molecule has 0 atom stereocenters. The van der Waals surface area contributed by atoms with Crippen LogP contribution in [0.4, 0.5) is 4.39 Å². The molecule has 8 heteroatoms. The van der Waals surface area contributed by atoms with E-state index in [1.54, 1.807) is 0 Å². The largest absolute Gasteiger partial charge is 0.290 e. The molecule has 21 heavy (non-hydrogen) atoms.